The van der Waals surface area contributed by atoms with E-state index in [1.165, 1.54) is 19.2 Å². The third-order valence-corrected chi connectivity index (χ3v) is 18.9. The summed E-state index contributed by atoms with van der Waals surface area (Å²) in [6, 6.07) is 6.23. The lowest BCUT2D eigenvalue weighted by Gasteiger charge is -2.00. The van der Waals surface area contributed by atoms with E-state index in [2.05, 4.69) is 25.3 Å². The molecule has 3 aromatic rings. The molecule has 1 amide bonds. The lowest BCUT2D eigenvalue weighted by atomic mass is 10.2. The van der Waals surface area contributed by atoms with Crippen LogP contribution in [0.15, 0.2) is 39.1 Å². The number of carbonyl (C=O) groups excluding carboxylic acids is 5. The van der Waals surface area contributed by atoms with E-state index in [1.54, 1.807) is 78.5 Å². The quantitative estimate of drug-likeness (QED) is 0.0841. The molecule has 0 unspecified atom stereocenters. The number of amides is 1. The van der Waals surface area contributed by atoms with Crippen LogP contribution in [-0.2, 0) is 23.3 Å². The van der Waals surface area contributed by atoms with Gasteiger partial charge >= 0.3 is 0 Å². The van der Waals surface area contributed by atoms with Crippen LogP contribution < -0.4 is 5.32 Å². The Morgan fingerprint density at radius 3 is 1.85 bits per heavy atom. The Morgan fingerprint density at radius 1 is 0.944 bits per heavy atom. The van der Waals surface area contributed by atoms with E-state index >= 15 is 0 Å². The molecule has 1 fully saturated rings. The number of nitrogens with one attached hydrogen (secondary N) is 1. The predicted molar refractivity (Wildman–Crippen MR) is 246 cm³/mol. The Kier molecular flexibility index (Phi) is 26.1. The standard InChI is InChI=1S/C7H4O3S2.C6H9N3S2.C5H9NO2S2.2C3H3NS3.C3H2O2S2/c8-7-5-3-1-2-4-6(5)12(9,10)11-7;1-9(2)4-7-6-8-5(10)3-11-6;1-3-4(7)9-10-5(8)6-2;2*1-2-4-3(5)7-6-2;4-2-1-3(5)7-6-2/h1-4H;4H,3H2,1-2H3;3H2,1-2H3,(H,6,8);2*1H3;1H2. The average Bonchev–Trinajstić information content (AvgIpc) is 3.95. The third kappa shape index (κ3) is 22.7. The van der Waals surface area contributed by atoms with Gasteiger partial charge in [-0.3, -0.25) is 24.0 Å². The molecule has 13 nitrogen and oxygen atoms in total. The van der Waals surface area contributed by atoms with E-state index in [0.717, 1.165) is 77.0 Å². The Bertz CT molecular complexity index is 1980. The molecule has 1 aromatic carbocycles. The number of rotatable bonds is 2. The molecule has 0 saturated carbocycles. The predicted octanol–water partition coefficient (Wildman–Crippen LogP) is 9.22. The smallest absolute Gasteiger partial charge is 0.289 e. The number of benzene rings is 1. The van der Waals surface area contributed by atoms with Gasteiger partial charge in [0.2, 0.25) is 24.2 Å². The highest BCUT2D eigenvalue weighted by Gasteiger charge is 2.33. The number of aromatic nitrogens is 2. The van der Waals surface area contributed by atoms with Gasteiger partial charge < -0.3 is 10.2 Å². The maximum absolute atomic E-state index is 11.2. The van der Waals surface area contributed by atoms with Crippen LogP contribution in [0, 0.1) is 21.8 Å². The number of thioether (sulfide) groups is 1. The van der Waals surface area contributed by atoms with Crippen LogP contribution in [0.25, 0.3) is 0 Å². The Balaban J connectivity index is 0.000000329. The number of hydrogen-bond donors (Lipinski definition) is 1. The van der Waals surface area contributed by atoms with Crippen LogP contribution in [0.4, 0.5) is 4.79 Å². The summed E-state index contributed by atoms with van der Waals surface area (Å²) in [6.45, 7) is 5.67. The highest BCUT2D eigenvalue weighted by atomic mass is 33.1. The lowest BCUT2D eigenvalue weighted by Crippen LogP contribution is -2.10. The highest BCUT2D eigenvalue weighted by molar-refractivity contribution is 8.88. The number of hydrogen-bond acceptors (Lipinski definition) is 23. The summed E-state index contributed by atoms with van der Waals surface area (Å²) in [5.41, 5.74) is 0.294. The Hall–Kier alpha value is -0.950. The second-order valence-corrected chi connectivity index (χ2v) is 24.7. The molecular weight excluding hydrogens is 969 g/mol. The van der Waals surface area contributed by atoms with Crippen molar-refractivity contribution < 1.29 is 32.4 Å². The van der Waals surface area contributed by atoms with Crippen molar-refractivity contribution in [3.8, 4) is 0 Å². The molecule has 6 rings (SSSR count). The summed E-state index contributed by atoms with van der Waals surface area (Å²) in [5.74, 6) is 0.801. The van der Waals surface area contributed by atoms with Crippen molar-refractivity contribution in [3.05, 3.63) is 47.8 Å². The van der Waals surface area contributed by atoms with E-state index in [9.17, 15) is 32.4 Å². The molecule has 0 aliphatic carbocycles. The second kappa shape index (κ2) is 27.6. The van der Waals surface area contributed by atoms with Crippen LogP contribution >= 0.6 is 144 Å². The third-order valence-electron chi connectivity index (χ3n) is 4.69. The zero-order valence-electron chi connectivity index (χ0n) is 28.8. The minimum atomic E-state index is -3.39. The fraction of sp³-hybridized carbons (Fsp3) is 0.333. The number of aliphatic imine (C=N–C) groups is 2. The zero-order valence-corrected chi connectivity index (χ0v) is 40.2. The molecule has 3 aliphatic rings. The molecule has 294 valence electrons. The molecule has 5 heterocycles. The molecule has 1 N–H and O–H groups in total. The van der Waals surface area contributed by atoms with Crippen molar-refractivity contribution in [2.24, 2.45) is 9.98 Å². The van der Waals surface area contributed by atoms with Gasteiger partial charge in [0.05, 0.1) is 34.2 Å². The first-order valence-corrected chi connectivity index (χ1v) is 27.9. The van der Waals surface area contributed by atoms with Crippen molar-refractivity contribution >= 4 is 195 Å². The number of fused-ring (bicyclic) bond motifs is 1. The fourth-order valence-corrected chi connectivity index (χ4v) is 13.1. The molecule has 0 atom stereocenters. The maximum Gasteiger partial charge on any atom is 0.289 e. The molecule has 0 bridgehead atoms. The molecule has 0 spiro atoms. The van der Waals surface area contributed by atoms with Crippen LogP contribution in [0.5, 0.6) is 0 Å². The van der Waals surface area contributed by atoms with Gasteiger partial charge in [0.25, 0.3) is 5.24 Å². The topological polar surface area (TPSA) is 185 Å². The minimum absolute atomic E-state index is 0.0185. The molecule has 27 heteroatoms. The summed E-state index contributed by atoms with van der Waals surface area (Å²) in [5, 5.41) is 4.71. The van der Waals surface area contributed by atoms with Crippen LogP contribution in [-0.4, -0.2) is 92.4 Å². The summed E-state index contributed by atoms with van der Waals surface area (Å²) in [7, 11) is 12.7. The van der Waals surface area contributed by atoms with E-state index < -0.39 is 8.87 Å². The summed E-state index contributed by atoms with van der Waals surface area (Å²) in [4.78, 5) is 71.3. The van der Waals surface area contributed by atoms with Gasteiger partial charge in [-0.1, -0.05) is 63.7 Å². The van der Waals surface area contributed by atoms with E-state index in [-0.39, 0.29) is 37.0 Å². The number of amidine groups is 1. The van der Waals surface area contributed by atoms with Crippen LogP contribution in [0.2, 0.25) is 0 Å². The fourth-order valence-electron chi connectivity index (χ4n) is 2.55. The molecular formula is C27H30N6O7S14. The first kappa shape index (κ1) is 51.1. The van der Waals surface area contributed by atoms with Crippen molar-refractivity contribution in [1.82, 2.24) is 20.2 Å². The van der Waals surface area contributed by atoms with Crippen molar-refractivity contribution in [3.63, 3.8) is 0 Å². The second-order valence-electron chi connectivity index (χ2n) is 9.25. The number of nitrogens with zero attached hydrogens (tertiary/aromatic N) is 5. The van der Waals surface area contributed by atoms with Gasteiger partial charge in [0, 0.05) is 43.9 Å². The van der Waals surface area contributed by atoms with Gasteiger partial charge in [-0.25, -0.2) is 28.4 Å². The van der Waals surface area contributed by atoms with E-state index in [1.807, 2.05) is 32.8 Å². The monoisotopic (exact) mass is 998 g/mol. The molecule has 0 radical (unpaired) electrons. The molecule has 3 aliphatic heterocycles. The summed E-state index contributed by atoms with van der Waals surface area (Å²) in [6.07, 6.45) is 2.31. The largest absolute Gasteiger partial charge is 0.369 e. The van der Waals surface area contributed by atoms with Gasteiger partial charge in [-0.05, 0) is 103 Å². The first-order valence-electron chi connectivity index (χ1n) is 14.3. The maximum atomic E-state index is 11.2. The normalized spacial score (nSPS) is 14.7. The average molecular weight is 1000 g/mol. The van der Waals surface area contributed by atoms with Crippen LogP contribution in [0.3, 0.4) is 0 Å². The first-order chi connectivity index (χ1) is 25.4. The molecule has 2 aromatic heterocycles. The van der Waals surface area contributed by atoms with E-state index in [0.29, 0.717) is 22.8 Å². The van der Waals surface area contributed by atoms with Gasteiger partial charge in [-0.2, -0.15) is 0 Å². The summed E-state index contributed by atoms with van der Waals surface area (Å²) < 4.78 is 23.9. The summed E-state index contributed by atoms with van der Waals surface area (Å²) >= 11 is 16.0. The minimum Gasteiger partial charge on any atom is -0.369 e. The van der Waals surface area contributed by atoms with Gasteiger partial charge in [0.15, 0.2) is 18.2 Å². The SMILES string of the molecule is CCC(=O)SSC(=O)NC.CN(C)C=NC1=NC(=S)CS1.Cc1nc(=S)ss1.Cc1nc(=S)ss1.O=C1CC(=O)SS1.O=C1SS(=O)(=O)c2ccccc21. The van der Waals surface area contributed by atoms with Crippen molar-refractivity contribution in [2.45, 2.75) is 38.5 Å². The Morgan fingerprint density at radius 2 is 1.50 bits per heavy atom. The number of thiocarbonyl (C=S) groups is 1. The highest BCUT2D eigenvalue weighted by Crippen LogP contribution is 2.37. The number of carbonyl (C=O) groups is 5. The molecule has 54 heavy (non-hydrogen) atoms. The van der Waals surface area contributed by atoms with E-state index in [4.69, 9.17) is 36.7 Å². The van der Waals surface area contributed by atoms with Crippen molar-refractivity contribution in [2.75, 3.05) is 26.9 Å². The van der Waals surface area contributed by atoms with Gasteiger partial charge in [0.1, 0.15) is 15.0 Å². The van der Waals surface area contributed by atoms with Gasteiger partial charge in [-0.15, -0.1) is 0 Å². The number of aryl methyl sites for hydroxylation is 2. The zero-order chi connectivity index (χ0) is 40.8. The van der Waals surface area contributed by atoms with Crippen molar-refractivity contribution in [1.29, 1.82) is 0 Å². The Labute approximate surface area is 366 Å². The van der Waals surface area contributed by atoms with Crippen LogP contribution in [0.1, 0.15) is 40.1 Å². The lowest BCUT2D eigenvalue weighted by molar-refractivity contribution is -0.117. The molecule has 1 saturated heterocycles.